The van der Waals surface area contributed by atoms with E-state index in [1.165, 1.54) is 12.1 Å². The predicted molar refractivity (Wildman–Crippen MR) is 60.4 cm³/mol. The van der Waals surface area contributed by atoms with Gasteiger partial charge in [-0.1, -0.05) is 0 Å². The van der Waals surface area contributed by atoms with Gasteiger partial charge in [-0.3, -0.25) is 14.9 Å². The minimum Gasteiger partial charge on any atom is -0.477 e. The van der Waals surface area contributed by atoms with Gasteiger partial charge in [-0.2, -0.15) is 0 Å². The van der Waals surface area contributed by atoms with Gasteiger partial charge in [0.1, 0.15) is 5.69 Å². The molecule has 0 saturated carbocycles. The molecule has 4 N–H and O–H groups in total. The fourth-order valence-electron chi connectivity index (χ4n) is 1.72. The number of nitrogens with two attached hydrogens (primary N) is 1. The lowest BCUT2D eigenvalue weighted by Gasteiger charge is -1.95. The molecule has 8 heteroatoms. The van der Waals surface area contributed by atoms with Gasteiger partial charge >= 0.3 is 5.97 Å². The second kappa shape index (κ2) is 3.84. The zero-order valence-electron chi connectivity index (χ0n) is 8.84. The van der Waals surface area contributed by atoms with Gasteiger partial charge in [0.25, 0.3) is 11.6 Å². The number of aromatic amines is 1. The number of aromatic nitrogens is 1. The lowest BCUT2D eigenvalue weighted by Crippen LogP contribution is -2.15. The number of nitrogens with zero attached hydrogens (tertiary/aromatic N) is 1. The van der Waals surface area contributed by atoms with E-state index < -0.39 is 16.8 Å². The zero-order chi connectivity index (χ0) is 13.4. The summed E-state index contributed by atoms with van der Waals surface area (Å²) in [6.45, 7) is 0. The van der Waals surface area contributed by atoms with Crippen molar-refractivity contribution in [3.05, 3.63) is 39.6 Å². The summed E-state index contributed by atoms with van der Waals surface area (Å²) in [4.78, 5) is 34.6. The first-order chi connectivity index (χ1) is 8.41. The molecule has 0 aliphatic rings. The lowest BCUT2D eigenvalue weighted by molar-refractivity contribution is -0.384. The number of hydrogen-bond donors (Lipinski definition) is 3. The number of fused-ring (bicyclic) bond motifs is 1. The van der Waals surface area contributed by atoms with Gasteiger partial charge in [0.2, 0.25) is 0 Å². The van der Waals surface area contributed by atoms with Crippen molar-refractivity contribution >= 4 is 28.5 Å². The summed E-state index contributed by atoms with van der Waals surface area (Å²) in [6.07, 6.45) is 0. The molecule has 2 aromatic rings. The topological polar surface area (TPSA) is 139 Å². The van der Waals surface area contributed by atoms with Crippen molar-refractivity contribution in [2.75, 3.05) is 0 Å². The molecular weight excluding hydrogens is 242 g/mol. The van der Waals surface area contributed by atoms with Crippen molar-refractivity contribution in [3.63, 3.8) is 0 Å². The normalized spacial score (nSPS) is 10.4. The Hall–Kier alpha value is -2.90. The SMILES string of the molecule is NC(=O)c1c(C(=O)O)[nH]c2cc([N+](=O)[O-])ccc12. The molecule has 1 aromatic carbocycles. The van der Waals surface area contributed by atoms with Crippen molar-refractivity contribution in [1.82, 2.24) is 4.98 Å². The van der Waals surface area contributed by atoms with E-state index in [0.717, 1.165) is 6.07 Å². The van der Waals surface area contributed by atoms with Crippen molar-refractivity contribution in [3.8, 4) is 0 Å². The van der Waals surface area contributed by atoms with Crippen LogP contribution in [0.25, 0.3) is 10.9 Å². The highest BCUT2D eigenvalue weighted by molar-refractivity contribution is 6.13. The molecular formula is C10H7N3O5. The number of carboxylic acid groups (broad SMARTS) is 1. The summed E-state index contributed by atoms with van der Waals surface area (Å²) in [5.74, 6) is -2.27. The summed E-state index contributed by atoms with van der Waals surface area (Å²) >= 11 is 0. The van der Waals surface area contributed by atoms with Crippen LogP contribution >= 0.6 is 0 Å². The standard InChI is InChI=1S/C10H7N3O5/c11-9(14)7-5-2-1-4(13(17)18)3-6(5)12-8(7)10(15)16/h1-3,12H,(H2,11,14)(H,15,16). The average molecular weight is 249 g/mol. The summed E-state index contributed by atoms with van der Waals surface area (Å²) in [6, 6.07) is 3.61. The number of aromatic carboxylic acids is 1. The van der Waals surface area contributed by atoms with Gasteiger partial charge in [-0.15, -0.1) is 0 Å². The third-order valence-electron chi connectivity index (χ3n) is 2.45. The van der Waals surface area contributed by atoms with Crippen LogP contribution in [-0.4, -0.2) is 26.9 Å². The molecule has 1 amide bonds. The first-order valence-electron chi connectivity index (χ1n) is 4.75. The highest BCUT2D eigenvalue weighted by Gasteiger charge is 2.22. The van der Waals surface area contributed by atoms with E-state index in [-0.39, 0.29) is 27.8 Å². The Morgan fingerprint density at radius 3 is 2.56 bits per heavy atom. The third-order valence-corrected chi connectivity index (χ3v) is 2.45. The van der Waals surface area contributed by atoms with Gasteiger partial charge in [0.15, 0.2) is 0 Å². The van der Waals surface area contributed by atoms with E-state index in [0.29, 0.717) is 0 Å². The molecule has 0 saturated heterocycles. The molecule has 1 aromatic heterocycles. The number of carbonyl (C=O) groups excluding carboxylic acids is 1. The molecule has 18 heavy (non-hydrogen) atoms. The summed E-state index contributed by atoms with van der Waals surface area (Å²) in [5, 5.41) is 19.8. The Bertz CT molecular complexity index is 688. The number of carboxylic acids is 1. The van der Waals surface area contributed by atoms with Crippen LogP contribution in [0.2, 0.25) is 0 Å². The quantitative estimate of drug-likeness (QED) is 0.547. The number of rotatable bonds is 3. The van der Waals surface area contributed by atoms with Gasteiger partial charge in [-0.25, -0.2) is 4.79 Å². The largest absolute Gasteiger partial charge is 0.477 e. The van der Waals surface area contributed by atoms with Crippen LogP contribution in [0.1, 0.15) is 20.8 Å². The number of primary amides is 1. The van der Waals surface area contributed by atoms with Gasteiger partial charge < -0.3 is 15.8 Å². The summed E-state index contributed by atoms with van der Waals surface area (Å²) < 4.78 is 0. The van der Waals surface area contributed by atoms with Crippen LogP contribution < -0.4 is 5.73 Å². The summed E-state index contributed by atoms with van der Waals surface area (Å²) in [5.41, 5.74) is 4.51. The van der Waals surface area contributed by atoms with E-state index in [1.54, 1.807) is 0 Å². The fourth-order valence-corrected chi connectivity index (χ4v) is 1.72. The van der Waals surface area contributed by atoms with Gasteiger partial charge in [-0.05, 0) is 6.07 Å². The number of amides is 1. The maximum atomic E-state index is 11.2. The van der Waals surface area contributed by atoms with Crippen LogP contribution in [-0.2, 0) is 0 Å². The summed E-state index contributed by atoms with van der Waals surface area (Å²) in [7, 11) is 0. The molecule has 2 rings (SSSR count). The number of H-pyrrole nitrogens is 1. The van der Waals surface area contributed by atoms with Crippen LogP contribution in [0, 0.1) is 10.1 Å². The van der Waals surface area contributed by atoms with E-state index >= 15 is 0 Å². The van der Waals surface area contributed by atoms with Crippen LogP contribution in [0.5, 0.6) is 0 Å². The maximum Gasteiger partial charge on any atom is 0.353 e. The number of nitro groups is 1. The molecule has 0 unspecified atom stereocenters. The fraction of sp³-hybridized carbons (Fsp3) is 0. The molecule has 92 valence electrons. The average Bonchev–Trinajstić information content (AvgIpc) is 2.66. The molecule has 0 radical (unpaired) electrons. The lowest BCUT2D eigenvalue weighted by atomic mass is 10.1. The number of nitro benzene ring substituents is 1. The molecule has 1 heterocycles. The van der Waals surface area contributed by atoms with E-state index in [4.69, 9.17) is 10.8 Å². The van der Waals surface area contributed by atoms with Gasteiger partial charge in [0, 0.05) is 17.5 Å². The number of benzene rings is 1. The Kier molecular flexibility index (Phi) is 2.47. The molecule has 0 aliphatic carbocycles. The van der Waals surface area contributed by atoms with Crippen molar-refractivity contribution in [1.29, 1.82) is 0 Å². The Labute approximate surface area is 99.2 Å². The minimum absolute atomic E-state index is 0.176. The van der Waals surface area contributed by atoms with E-state index in [2.05, 4.69) is 4.98 Å². The Morgan fingerprint density at radius 2 is 2.06 bits per heavy atom. The van der Waals surface area contributed by atoms with E-state index in [1.807, 2.05) is 0 Å². The monoisotopic (exact) mass is 249 g/mol. The Balaban J connectivity index is 2.80. The van der Waals surface area contributed by atoms with Crippen molar-refractivity contribution < 1.29 is 19.6 Å². The second-order valence-electron chi connectivity index (χ2n) is 3.53. The second-order valence-corrected chi connectivity index (χ2v) is 3.53. The van der Waals surface area contributed by atoms with Crippen LogP contribution in [0.3, 0.4) is 0 Å². The zero-order valence-corrected chi connectivity index (χ0v) is 8.84. The van der Waals surface area contributed by atoms with Gasteiger partial charge in [0.05, 0.1) is 16.0 Å². The molecule has 0 aliphatic heterocycles. The Morgan fingerprint density at radius 1 is 1.39 bits per heavy atom. The predicted octanol–water partition coefficient (Wildman–Crippen LogP) is 0.873. The molecule has 0 fully saturated rings. The van der Waals surface area contributed by atoms with Crippen molar-refractivity contribution in [2.45, 2.75) is 0 Å². The highest BCUT2D eigenvalue weighted by atomic mass is 16.6. The number of hydrogen-bond acceptors (Lipinski definition) is 4. The third kappa shape index (κ3) is 1.65. The number of carbonyl (C=O) groups is 2. The van der Waals surface area contributed by atoms with Crippen molar-refractivity contribution in [2.24, 2.45) is 5.73 Å². The first kappa shape index (κ1) is 11.6. The van der Waals surface area contributed by atoms with Crippen LogP contribution in [0.15, 0.2) is 18.2 Å². The molecule has 0 spiro atoms. The van der Waals surface area contributed by atoms with E-state index in [9.17, 15) is 19.7 Å². The minimum atomic E-state index is -1.36. The number of non-ortho nitro benzene ring substituents is 1. The highest BCUT2D eigenvalue weighted by Crippen LogP contribution is 2.26. The van der Waals surface area contributed by atoms with Crippen LogP contribution in [0.4, 0.5) is 5.69 Å². The molecule has 0 atom stereocenters. The molecule has 8 nitrogen and oxygen atoms in total. The number of nitrogens with one attached hydrogen (secondary N) is 1. The smallest absolute Gasteiger partial charge is 0.353 e. The maximum absolute atomic E-state index is 11.2. The molecule has 0 bridgehead atoms. The first-order valence-corrected chi connectivity index (χ1v) is 4.75.